The van der Waals surface area contributed by atoms with E-state index in [1.807, 2.05) is 17.0 Å². The van der Waals surface area contributed by atoms with Crippen LogP contribution < -0.4 is 5.32 Å². The van der Waals surface area contributed by atoms with E-state index in [0.29, 0.717) is 42.1 Å². The van der Waals surface area contributed by atoms with E-state index in [-0.39, 0.29) is 24.4 Å². The van der Waals surface area contributed by atoms with Crippen molar-refractivity contribution in [1.82, 2.24) is 10.2 Å². The van der Waals surface area contributed by atoms with Gasteiger partial charge < -0.3 is 15.0 Å². The van der Waals surface area contributed by atoms with Gasteiger partial charge in [0.2, 0.25) is 5.91 Å². The molecule has 1 atom stereocenters. The minimum absolute atomic E-state index is 0. The molecule has 0 radical (unpaired) electrons. The lowest BCUT2D eigenvalue weighted by atomic mass is 9.93. The third-order valence-corrected chi connectivity index (χ3v) is 5.70. The third-order valence-electron chi connectivity index (χ3n) is 4.96. The summed E-state index contributed by atoms with van der Waals surface area (Å²) in [5, 5.41) is 4.42. The number of hydrogen-bond donors (Lipinski definition) is 1. The van der Waals surface area contributed by atoms with E-state index in [2.05, 4.69) is 5.32 Å². The van der Waals surface area contributed by atoms with E-state index in [9.17, 15) is 4.79 Å². The lowest BCUT2D eigenvalue weighted by molar-refractivity contribution is -0.139. The topological polar surface area (TPSA) is 41.6 Å². The van der Waals surface area contributed by atoms with Crippen LogP contribution in [0.3, 0.4) is 0 Å². The standard InChI is InChI=1S/C18H24Cl2N2O2.ClH/c19-15-3-2-14(11-16(15)20)17-12-22(9-10-24-17)18(23)4-1-13-5-7-21-8-6-13;/h2-3,11,13,17,21H,1,4-10,12H2;1H. The average Bonchev–Trinajstić information content (AvgIpc) is 2.63. The van der Waals surface area contributed by atoms with Gasteiger partial charge in [0.15, 0.2) is 0 Å². The number of benzene rings is 1. The van der Waals surface area contributed by atoms with Gasteiger partial charge in [-0.1, -0.05) is 29.3 Å². The van der Waals surface area contributed by atoms with E-state index in [0.717, 1.165) is 25.1 Å². The molecule has 7 heteroatoms. The Kier molecular flexibility index (Phi) is 8.30. The highest BCUT2D eigenvalue weighted by Crippen LogP contribution is 2.29. The summed E-state index contributed by atoms with van der Waals surface area (Å²) < 4.78 is 5.83. The summed E-state index contributed by atoms with van der Waals surface area (Å²) in [6.45, 7) is 3.97. The molecule has 2 fully saturated rings. The van der Waals surface area contributed by atoms with Gasteiger partial charge in [-0.2, -0.15) is 0 Å². The van der Waals surface area contributed by atoms with Crippen molar-refractivity contribution in [3.63, 3.8) is 0 Å². The first-order valence-corrected chi connectivity index (χ1v) is 9.44. The fourth-order valence-electron chi connectivity index (χ4n) is 3.45. The molecular weight excluding hydrogens is 383 g/mol. The summed E-state index contributed by atoms with van der Waals surface area (Å²) in [5.41, 5.74) is 0.972. The SMILES string of the molecule is Cl.O=C(CCC1CCNCC1)N1CCOC(c2ccc(Cl)c(Cl)c2)C1. The van der Waals surface area contributed by atoms with Crippen LogP contribution >= 0.6 is 35.6 Å². The molecule has 140 valence electrons. The molecule has 2 aliphatic rings. The molecule has 3 rings (SSSR count). The van der Waals surface area contributed by atoms with Crippen molar-refractivity contribution in [1.29, 1.82) is 0 Å². The second-order valence-corrected chi connectivity index (χ2v) is 7.42. The van der Waals surface area contributed by atoms with Gasteiger partial charge in [0.25, 0.3) is 0 Å². The van der Waals surface area contributed by atoms with E-state index < -0.39 is 0 Å². The number of hydrogen-bond acceptors (Lipinski definition) is 3. The number of amides is 1. The summed E-state index contributed by atoms with van der Waals surface area (Å²) in [6.07, 6.45) is 3.87. The van der Waals surface area contributed by atoms with Crippen molar-refractivity contribution in [3.8, 4) is 0 Å². The summed E-state index contributed by atoms with van der Waals surface area (Å²) in [7, 11) is 0. The first-order chi connectivity index (χ1) is 11.6. The van der Waals surface area contributed by atoms with E-state index in [4.69, 9.17) is 27.9 Å². The molecule has 0 bridgehead atoms. The number of rotatable bonds is 4. The van der Waals surface area contributed by atoms with Gasteiger partial charge in [0.1, 0.15) is 6.10 Å². The largest absolute Gasteiger partial charge is 0.370 e. The fourth-order valence-corrected chi connectivity index (χ4v) is 3.75. The molecule has 4 nitrogen and oxygen atoms in total. The van der Waals surface area contributed by atoms with Crippen molar-refractivity contribution < 1.29 is 9.53 Å². The van der Waals surface area contributed by atoms with Crippen LogP contribution in [0.2, 0.25) is 10.0 Å². The molecule has 2 aliphatic heterocycles. The van der Waals surface area contributed by atoms with Crippen LogP contribution in [-0.4, -0.2) is 43.6 Å². The summed E-state index contributed by atoms with van der Waals surface area (Å²) in [6, 6.07) is 5.53. The third kappa shape index (κ3) is 5.73. The maximum atomic E-state index is 12.5. The van der Waals surface area contributed by atoms with Crippen molar-refractivity contribution in [2.24, 2.45) is 5.92 Å². The molecule has 1 aromatic rings. The molecule has 1 unspecified atom stereocenters. The lowest BCUT2D eigenvalue weighted by Gasteiger charge is -2.34. The van der Waals surface area contributed by atoms with Crippen LogP contribution in [-0.2, 0) is 9.53 Å². The molecule has 2 heterocycles. The van der Waals surface area contributed by atoms with E-state index in [1.165, 1.54) is 12.8 Å². The molecule has 0 aliphatic carbocycles. The van der Waals surface area contributed by atoms with Crippen LogP contribution in [0.25, 0.3) is 0 Å². The molecule has 1 amide bonds. The summed E-state index contributed by atoms with van der Waals surface area (Å²) in [5.74, 6) is 0.920. The Bertz CT molecular complexity index is 579. The van der Waals surface area contributed by atoms with Crippen LogP contribution in [0.15, 0.2) is 18.2 Å². The number of carbonyl (C=O) groups is 1. The van der Waals surface area contributed by atoms with E-state index in [1.54, 1.807) is 6.07 Å². The molecule has 25 heavy (non-hydrogen) atoms. The molecule has 1 N–H and O–H groups in total. The van der Waals surface area contributed by atoms with E-state index >= 15 is 0 Å². The number of nitrogens with one attached hydrogen (secondary N) is 1. The van der Waals surface area contributed by atoms with Crippen LogP contribution in [0.5, 0.6) is 0 Å². The fraction of sp³-hybridized carbons (Fsp3) is 0.611. The van der Waals surface area contributed by atoms with Crippen LogP contribution in [0.1, 0.15) is 37.4 Å². The van der Waals surface area contributed by atoms with Gasteiger partial charge in [0, 0.05) is 13.0 Å². The second-order valence-electron chi connectivity index (χ2n) is 6.60. The molecular formula is C18H25Cl3N2O2. The minimum atomic E-state index is -0.128. The predicted octanol–water partition coefficient (Wildman–Crippen LogP) is 4.09. The van der Waals surface area contributed by atoms with Gasteiger partial charge in [-0.3, -0.25) is 4.79 Å². The smallest absolute Gasteiger partial charge is 0.222 e. The van der Waals surface area contributed by atoms with Crippen molar-refractivity contribution >= 4 is 41.5 Å². The number of nitrogens with zero attached hydrogens (tertiary/aromatic N) is 1. The second kappa shape index (κ2) is 9.98. The minimum Gasteiger partial charge on any atom is -0.370 e. The monoisotopic (exact) mass is 406 g/mol. The number of piperidine rings is 1. The Labute approximate surface area is 165 Å². The van der Waals surface area contributed by atoms with Crippen molar-refractivity contribution in [2.45, 2.75) is 31.8 Å². The van der Waals surface area contributed by atoms with Gasteiger partial charge in [-0.15, -0.1) is 12.4 Å². The zero-order valence-corrected chi connectivity index (χ0v) is 16.5. The molecule has 2 saturated heterocycles. The first-order valence-electron chi connectivity index (χ1n) is 8.68. The van der Waals surface area contributed by atoms with Gasteiger partial charge >= 0.3 is 0 Å². The summed E-state index contributed by atoms with van der Waals surface area (Å²) >= 11 is 12.1. The molecule has 0 aromatic heterocycles. The predicted molar refractivity (Wildman–Crippen MR) is 104 cm³/mol. The number of ether oxygens (including phenoxy) is 1. The summed E-state index contributed by atoms with van der Waals surface area (Å²) in [4.78, 5) is 14.5. The maximum Gasteiger partial charge on any atom is 0.222 e. The molecule has 0 spiro atoms. The average molecular weight is 408 g/mol. The maximum absolute atomic E-state index is 12.5. The Balaban J connectivity index is 0.00000225. The molecule has 1 aromatic carbocycles. The highest BCUT2D eigenvalue weighted by atomic mass is 35.5. The van der Waals surface area contributed by atoms with Crippen LogP contribution in [0, 0.1) is 5.92 Å². The Morgan fingerprint density at radius 3 is 2.72 bits per heavy atom. The Morgan fingerprint density at radius 1 is 1.24 bits per heavy atom. The number of carbonyl (C=O) groups excluding carboxylic acids is 1. The van der Waals surface area contributed by atoms with Crippen molar-refractivity contribution in [2.75, 3.05) is 32.8 Å². The lowest BCUT2D eigenvalue weighted by Crippen LogP contribution is -2.42. The van der Waals surface area contributed by atoms with Crippen molar-refractivity contribution in [3.05, 3.63) is 33.8 Å². The Hall–Kier alpha value is -0.520. The quantitative estimate of drug-likeness (QED) is 0.817. The van der Waals surface area contributed by atoms with Gasteiger partial charge in [-0.05, 0) is 56.0 Å². The van der Waals surface area contributed by atoms with Gasteiger partial charge in [-0.25, -0.2) is 0 Å². The van der Waals surface area contributed by atoms with Gasteiger partial charge in [0.05, 0.1) is 23.2 Å². The van der Waals surface area contributed by atoms with Crippen LogP contribution in [0.4, 0.5) is 0 Å². The number of halogens is 3. The highest BCUT2D eigenvalue weighted by Gasteiger charge is 2.26. The number of morpholine rings is 1. The highest BCUT2D eigenvalue weighted by molar-refractivity contribution is 6.42. The first kappa shape index (κ1) is 20.8. The Morgan fingerprint density at radius 2 is 2.00 bits per heavy atom. The zero-order chi connectivity index (χ0) is 16.9. The molecule has 0 saturated carbocycles. The zero-order valence-electron chi connectivity index (χ0n) is 14.2. The normalized spacial score (nSPS) is 21.7.